The van der Waals surface area contributed by atoms with Gasteiger partial charge in [0.2, 0.25) is 11.8 Å². The number of ketones is 1. The molecule has 0 saturated heterocycles. The van der Waals surface area contributed by atoms with Crippen LogP contribution in [0.1, 0.15) is 144 Å². The molecule has 0 radical (unpaired) electrons. The third-order valence-electron chi connectivity index (χ3n) is 8.13. The molecule has 2 atom stereocenters. The zero-order valence-corrected chi connectivity index (χ0v) is 28.7. The van der Waals surface area contributed by atoms with Crippen molar-refractivity contribution in [2.45, 2.75) is 147 Å². The molecule has 8 nitrogen and oxygen atoms in total. The molecular weight excluding hydrogens is 656 g/mol. The van der Waals surface area contributed by atoms with Crippen molar-refractivity contribution in [3.05, 3.63) is 34.9 Å². The summed E-state index contributed by atoms with van der Waals surface area (Å²) in [6.07, 6.45) is 2.42. The lowest BCUT2D eigenvalue weighted by Gasteiger charge is -2.23. The van der Waals surface area contributed by atoms with E-state index in [-0.39, 0.29) is 25.2 Å². The number of benzene rings is 1. The Kier molecular flexibility index (Phi) is 20.8. The largest absolute Gasteiger partial charge is 0.454 e. The van der Waals surface area contributed by atoms with Crippen LogP contribution >= 0.6 is 0 Å². The summed E-state index contributed by atoms with van der Waals surface area (Å²) in [5, 5.41) is 5.29. The van der Waals surface area contributed by atoms with Gasteiger partial charge in [-0.1, -0.05) is 90.5 Å². The van der Waals surface area contributed by atoms with Crippen LogP contribution in [-0.2, 0) is 31.5 Å². The van der Waals surface area contributed by atoms with Gasteiger partial charge < -0.3 is 21.1 Å². The van der Waals surface area contributed by atoms with E-state index in [9.17, 15) is 45.5 Å². The van der Waals surface area contributed by atoms with Crippen LogP contribution in [0.2, 0.25) is 0 Å². The van der Waals surface area contributed by atoms with E-state index in [0.717, 1.165) is 32.1 Å². The molecule has 49 heavy (non-hydrogen) atoms. The molecule has 0 unspecified atom stereocenters. The standard InChI is InChI=1S/C35H53F6N3O5/c1-3-5-7-8-9-10-11-12-14-22-30(46)43-28(21-15-16-23-42)32(47)44-27(20-13-6-4-2)29(45)24-49-33(48)31-25(34(36,37)38)18-17-19-26(31)35(39,40)41/h17-19,27-28H,3-16,20-24,42H2,1-2H3,(H,43,46)(H,44,47)/t27-,28-/m0/s1. The summed E-state index contributed by atoms with van der Waals surface area (Å²) in [5.41, 5.74) is 0.123. The van der Waals surface area contributed by atoms with E-state index in [2.05, 4.69) is 17.6 Å². The molecule has 0 aromatic heterocycles. The Morgan fingerprint density at radius 3 is 1.71 bits per heavy atom. The fourth-order valence-electron chi connectivity index (χ4n) is 5.36. The monoisotopic (exact) mass is 709 g/mol. The number of hydrogen-bond donors (Lipinski definition) is 3. The summed E-state index contributed by atoms with van der Waals surface area (Å²) < 4.78 is 85.9. The average Bonchev–Trinajstić information content (AvgIpc) is 3.04. The third kappa shape index (κ3) is 17.4. The minimum absolute atomic E-state index is 0.0742. The Bertz CT molecular complexity index is 1130. The number of carbonyl (C=O) groups excluding carboxylic acids is 4. The van der Waals surface area contributed by atoms with E-state index in [1.807, 2.05) is 6.92 Å². The van der Waals surface area contributed by atoms with Gasteiger partial charge in [0.05, 0.1) is 22.7 Å². The lowest BCUT2D eigenvalue weighted by molar-refractivity contribution is -0.144. The van der Waals surface area contributed by atoms with Gasteiger partial charge in [-0.2, -0.15) is 26.3 Å². The highest BCUT2D eigenvalue weighted by atomic mass is 19.4. The number of amides is 2. The van der Waals surface area contributed by atoms with Gasteiger partial charge in [-0.3, -0.25) is 14.4 Å². The summed E-state index contributed by atoms with van der Waals surface area (Å²) in [4.78, 5) is 51.9. The number of hydrogen-bond acceptors (Lipinski definition) is 6. The van der Waals surface area contributed by atoms with Crippen molar-refractivity contribution in [3.8, 4) is 0 Å². The number of alkyl halides is 6. The molecule has 0 saturated carbocycles. The molecule has 14 heteroatoms. The molecule has 280 valence electrons. The molecule has 4 N–H and O–H groups in total. The number of rotatable bonds is 25. The maximum absolute atomic E-state index is 13.5. The molecule has 2 amide bonds. The maximum atomic E-state index is 13.5. The van der Waals surface area contributed by atoms with Crippen LogP contribution in [0.25, 0.3) is 0 Å². The Labute approximate surface area is 285 Å². The van der Waals surface area contributed by atoms with Crippen LogP contribution < -0.4 is 16.4 Å². The summed E-state index contributed by atoms with van der Waals surface area (Å²) in [5.74, 6) is -3.91. The van der Waals surface area contributed by atoms with Crippen molar-refractivity contribution in [2.24, 2.45) is 5.73 Å². The number of Topliss-reactive ketones (excluding diaryl/α,β-unsaturated/α-hetero) is 1. The van der Waals surface area contributed by atoms with Crippen molar-refractivity contribution in [1.82, 2.24) is 10.6 Å². The van der Waals surface area contributed by atoms with Gasteiger partial charge in [-0.25, -0.2) is 4.79 Å². The number of nitrogens with one attached hydrogen (secondary N) is 2. The first-order chi connectivity index (χ1) is 23.2. The van der Waals surface area contributed by atoms with Gasteiger partial charge in [-0.05, 0) is 50.8 Å². The lowest BCUT2D eigenvalue weighted by atomic mass is 10.00. The molecule has 0 fully saturated rings. The second-order valence-corrected chi connectivity index (χ2v) is 12.3. The first kappa shape index (κ1) is 43.9. The van der Waals surface area contributed by atoms with Gasteiger partial charge in [0, 0.05) is 6.42 Å². The van der Waals surface area contributed by atoms with Crippen LogP contribution in [0.3, 0.4) is 0 Å². The normalized spacial score (nSPS) is 13.1. The molecule has 0 bridgehead atoms. The SMILES string of the molecule is CCCCCCCCCCCC(=O)N[C@@H](CCCCN)C(=O)N[C@@H](CCCCC)C(=O)COC(=O)c1c(C(F)(F)F)cccc1C(F)(F)F. The summed E-state index contributed by atoms with van der Waals surface area (Å²) in [6.45, 7) is 3.24. The van der Waals surface area contributed by atoms with Gasteiger partial charge >= 0.3 is 18.3 Å². The van der Waals surface area contributed by atoms with Crippen LogP contribution in [0.4, 0.5) is 26.3 Å². The number of halogens is 6. The first-order valence-electron chi connectivity index (χ1n) is 17.4. The van der Waals surface area contributed by atoms with Gasteiger partial charge in [0.15, 0.2) is 12.4 Å². The van der Waals surface area contributed by atoms with Crippen LogP contribution in [0, 0.1) is 0 Å². The lowest BCUT2D eigenvalue weighted by Crippen LogP contribution is -2.52. The molecule has 0 heterocycles. The van der Waals surface area contributed by atoms with Crippen molar-refractivity contribution < 1.29 is 50.3 Å². The fraction of sp³-hybridized carbons (Fsp3) is 0.714. The minimum atomic E-state index is -5.31. The molecule has 1 aromatic carbocycles. The smallest absolute Gasteiger partial charge is 0.417 e. The summed E-state index contributed by atoms with van der Waals surface area (Å²) >= 11 is 0. The quantitative estimate of drug-likeness (QED) is 0.0536. The predicted octanol–water partition coefficient (Wildman–Crippen LogP) is 8.05. The van der Waals surface area contributed by atoms with E-state index in [0.29, 0.717) is 56.8 Å². The first-order valence-corrected chi connectivity index (χ1v) is 17.4. The zero-order chi connectivity index (χ0) is 36.9. The molecule has 1 rings (SSSR count). The highest BCUT2D eigenvalue weighted by Crippen LogP contribution is 2.39. The van der Waals surface area contributed by atoms with Gasteiger partial charge in [0.25, 0.3) is 0 Å². The Hall–Kier alpha value is -3.16. The Balaban J connectivity index is 2.96. The summed E-state index contributed by atoms with van der Waals surface area (Å²) in [6, 6.07) is -1.12. The number of ether oxygens (including phenoxy) is 1. The molecule has 0 aliphatic rings. The Morgan fingerprint density at radius 1 is 0.694 bits per heavy atom. The number of esters is 1. The van der Waals surface area contributed by atoms with Crippen molar-refractivity contribution >= 4 is 23.6 Å². The van der Waals surface area contributed by atoms with Crippen LogP contribution in [0.5, 0.6) is 0 Å². The molecular formula is C35H53F6N3O5. The fourth-order valence-corrected chi connectivity index (χ4v) is 5.36. The Morgan fingerprint density at radius 2 is 1.18 bits per heavy atom. The van der Waals surface area contributed by atoms with Gasteiger partial charge in [0.1, 0.15) is 6.04 Å². The van der Waals surface area contributed by atoms with Crippen molar-refractivity contribution in [1.29, 1.82) is 0 Å². The van der Waals surface area contributed by atoms with E-state index >= 15 is 0 Å². The highest BCUT2D eigenvalue weighted by Gasteiger charge is 2.43. The molecule has 1 aromatic rings. The van der Waals surface area contributed by atoms with E-state index < -0.39 is 65.4 Å². The zero-order valence-electron chi connectivity index (χ0n) is 28.7. The maximum Gasteiger partial charge on any atom is 0.417 e. The topological polar surface area (TPSA) is 128 Å². The number of carbonyl (C=O) groups is 4. The van der Waals surface area contributed by atoms with Crippen LogP contribution in [0.15, 0.2) is 18.2 Å². The second kappa shape index (κ2) is 23.3. The van der Waals surface area contributed by atoms with Crippen molar-refractivity contribution in [3.63, 3.8) is 0 Å². The summed E-state index contributed by atoms with van der Waals surface area (Å²) in [7, 11) is 0. The second-order valence-electron chi connectivity index (χ2n) is 12.3. The molecule has 0 spiro atoms. The van der Waals surface area contributed by atoms with E-state index in [1.165, 1.54) is 25.7 Å². The predicted molar refractivity (Wildman–Crippen MR) is 174 cm³/mol. The van der Waals surface area contributed by atoms with E-state index in [1.54, 1.807) is 0 Å². The van der Waals surface area contributed by atoms with E-state index in [4.69, 9.17) is 10.5 Å². The average molecular weight is 710 g/mol. The third-order valence-corrected chi connectivity index (χ3v) is 8.13. The number of nitrogens with two attached hydrogens (primary N) is 1. The highest BCUT2D eigenvalue weighted by molar-refractivity contribution is 5.97. The minimum Gasteiger partial charge on any atom is -0.454 e. The van der Waals surface area contributed by atoms with Crippen molar-refractivity contribution in [2.75, 3.05) is 13.2 Å². The molecule has 0 aliphatic heterocycles. The van der Waals surface area contributed by atoms with Crippen LogP contribution in [-0.4, -0.2) is 48.8 Å². The number of unbranched alkanes of at least 4 members (excludes halogenated alkanes) is 11. The molecule has 0 aliphatic carbocycles. The van der Waals surface area contributed by atoms with Gasteiger partial charge in [-0.15, -0.1) is 0 Å².